The summed E-state index contributed by atoms with van der Waals surface area (Å²) in [6, 6.07) is 17.5. The lowest BCUT2D eigenvalue weighted by Gasteiger charge is -2.10. The maximum atomic E-state index is 12.5. The number of esters is 1. The van der Waals surface area contributed by atoms with Gasteiger partial charge in [0.25, 0.3) is 5.91 Å². The molecule has 0 spiro atoms. The van der Waals surface area contributed by atoms with Crippen molar-refractivity contribution in [3.63, 3.8) is 0 Å². The Hall–Kier alpha value is -3.21. The normalized spacial score (nSPS) is 10.9. The Balaban J connectivity index is 1.50. The lowest BCUT2D eigenvalue weighted by atomic mass is 10.0. The molecule has 0 fully saturated rings. The first kappa shape index (κ1) is 20.5. The molecule has 0 aliphatic rings. The van der Waals surface area contributed by atoms with E-state index >= 15 is 0 Å². The number of amides is 1. The first-order chi connectivity index (χ1) is 13.9. The number of carbonyl (C=O) groups is 2. The van der Waals surface area contributed by atoms with E-state index in [0.717, 1.165) is 23.2 Å². The smallest absolute Gasteiger partial charge is 0.339 e. The van der Waals surface area contributed by atoms with Gasteiger partial charge >= 0.3 is 5.97 Å². The lowest BCUT2D eigenvalue weighted by Crippen LogP contribution is -2.30. The standard InChI is InChI=1S/C24H26N2O3/c1-16(2)19-10-8-18(9-11-19)12-13-25-23(27)15-29-24(28)21-14-17(3)26-22-7-5-4-6-20(21)22/h4-11,14,16H,12-13,15H2,1-3H3,(H,25,27). The van der Waals surface area contributed by atoms with E-state index in [1.807, 2.05) is 31.2 Å². The Morgan fingerprint density at radius 2 is 1.79 bits per heavy atom. The van der Waals surface area contributed by atoms with Crippen molar-refractivity contribution in [2.24, 2.45) is 0 Å². The molecule has 0 aliphatic carbocycles. The van der Waals surface area contributed by atoms with Crippen molar-refractivity contribution in [3.8, 4) is 0 Å². The van der Waals surface area contributed by atoms with Crippen molar-refractivity contribution in [2.75, 3.05) is 13.2 Å². The van der Waals surface area contributed by atoms with Crippen LogP contribution in [0, 0.1) is 6.92 Å². The number of aromatic nitrogens is 1. The fraction of sp³-hybridized carbons (Fsp3) is 0.292. The Labute approximate surface area is 171 Å². The third kappa shape index (κ3) is 5.41. The fourth-order valence-corrected chi connectivity index (χ4v) is 3.15. The molecule has 0 aliphatic heterocycles. The second kappa shape index (κ2) is 9.32. The monoisotopic (exact) mass is 390 g/mol. The predicted octanol–water partition coefficient (Wildman–Crippen LogP) is 4.18. The van der Waals surface area contributed by atoms with E-state index in [1.165, 1.54) is 5.56 Å². The van der Waals surface area contributed by atoms with Crippen LogP contribution in [0.25, 0.3) is 10.9 Å². The summed E-state index contributed by atoms with van der Waals surface area (Å²) in [5.74, 6) is -0.335. The summed E-state index contributed by atoms with van der Waals surface area (Å²) in [6.45, 7) is 6.33. The minimum Gasteiger partial charge on any atom is -0.452 e. The summed E-state index contributed by atoms with van der Waals surface area (Å²) in [7, 11) is 0. The second-order valence-corrected chi connectivity index (χ2v) is 7.40. The van der Waals surface area contributed by atoms with Crippen LogP contribution in [-0.4, -0.2) is 30.0 Å². The Bertz CT molecular complexity index is 1010. The number of rotatable bonds is 7. The molecule has 150 valence electrons. The molecular weight excluding hydrogens is 364 g/mol. The summed E-state index contributed by atoms with van der Waals surface area (Å²) < 4.78 is 5.22. The van der Waals surface area contributed by atoms with Gasteiger partial charge in [0.05, 0.1) is 11.1 Å². The second-order valence-electron chi connectivity index (χ2n) is 7.40. The first-order valence-corrected chi connectivity index (χ1v) is 9.83. The number of pyridine rings is 1. The third-order valence-electron chi connectivity index (χ3n) is 4.78. The maximum Gasteiger partial charge on any atom is 0.339 e. The summed E-state index contributed by atoms with van der Waals surface area (Å²) in [5.41, 5.74) is 4.33. The van der Waals surface area contributed by atoms with E-state index < -0.39 is 5.97 Å². The van der Waals surface area contributed by atoms with Gasteiger partial charge in [0, 0.05) is 17.6 Å². The number of hydrogen-bond acceptors (Lipinski definition) is 4. The van der Waals surface area contributed by atoms with Gasteiger partial charge in [-0.3, -0.25) is 9.78 Å². The highest BCUT2D eigenvalue weighted by molar-refractivity contribution is 6.04. The van der Waals surface area contributed by atoms with Gasteiger partial charge < -0.3 is 10.1 Å². The van der Waals surface area contributed by atoms with Gasteiger partial charge in [-0.1, -0.05) is 56.3 Å². The van der Waals surface area contributed by atoms with Gasteiger partial charge in [0.2, 0.25) is 0 Å². The molecule has 5 nitrogen and oxygen atoms in total. The Morgan fingerprint density at radius 3 is 2.52 bits per heavy atom. The minimum atomic E-state index is -0.522. The number of nitrogens with one attached hydrogen (secondary N) is 1. The molecule has 1 aromatic heterocycles. The quantitative estimate of drug-likeness (QED) is 0.615. The van der Waals surface area contributed by atoms with Crippen molar-refractivity contribution in [3.05, 3.63) is 77.0 Å². The van der Waals surface area contributed by atoms with Crippen LogP contribution in [0.2, 0.25) is 0 Å². The van der Waals surface area contributed by atoms with Crippen molar-refractivity contribution in [1.29, 1.82) is 0 Å². The molecule has 0 radical (unpaired) electrons. The fourth-order valence-electron chi connectivity index (χ4n) is 3.15. The average molecular weight is 390 g/mol. The van der Waals surface area contributed by atoms with Gasteiger partial charge in [-0.05, 0) is 42.5 Å². The highest BCUT2D eigenvalue weighted by Gasteiger charge is 2.14. The van der Waals surface area contributed by atoms with Crippen LogP contribution in [0.4, 0.5) is 0 Å². The van der Waals surface area contributed by atoms with E-state index in [1.54, 1.807) is 6.07 Å². The molecule has 0 saturated heterocycles. The van der Waals surface area contributed by atoms with Crippen molar-refractivity contribution in [2.45, 2.75) is 33.1 Å². The zero-order valence-electron chi connectivity index (χ0n) is 17.1. The van der Waals surface area contributed by atoms with Crippen LogP contribution in [0.15, 0.2) is 54.6 Å². The van der Waals surface area contributed by atoms with Crippen LogP contribution in [-0.2, 0) is 16.0 Å². The molecule has 0 unspecified atom stereocenters. The zero-order chi connectivity index (χ0) is 20.8. The van der Waals surface area contributed by atoms with Crippen LogP contribution >= 0.6 is 0 Å². The lowest BCUT2D eigenvalue weighted by molar-refractivity contribution is -0.124. The molecule has 3 aromatic rings. The van der Waals surface area contributed by atoms with Gasteiger partial charge in [0.1, 0.15) is 0 Å². The molecule has 29 heavy (non-hydrogen) atoms. The number of aryl methyl sites for hydroxylation is 1. The van der Waals surface area contributed by atoms with Gasteiger partial charge in [0.15, 0.2) is 6.61 Å². The van der Waals surface area contributed by atoms with Crippen LogP contribution in [0.1, 0.15) is 46.9 Å². The van der Waals surface area contributed by atoms with Gasteiger partial charge in [-0.25, -0.2) is 4.79 Å². The summed E-state index contributed by atoms with van der Waals surface area (Å²) in [6.07, 6.45) is 0.728. The number of para-hydroxylation sites is 1. The molecule has 0 atom stereocenters. The van der Waals surface area contributed by atoms with E-state index in [-0.39, 0.29) is 12.5 Å². The van der Waals surface area contributed by atoms with E-state index in [2.05, 4.69) is 48.4 Å². The number of hydrogen-bond donors (Lipinski definition) is 1. The maximum absolute atomic E-state index is 12.5. The number of ether oxygens (including phenoxy) is 1. The molecule has 1 N–H and O–H groups in total. The molecule has 3 rings (SSSR count). The Morgan fingerprint density at radius 1 is 1.07 bits per heavy atom. The largest absolute Gasteiger partial charge is 0.452 e. The number of benzene rings is 2. The van der Waals surface area contributed by atoms with E-state index in [0.29, 0.717) is 23.4 Å². The van der Waals surface area contributed by atoms with Crippen molar-refractivity contribution >= 4 is 22.8 Å². The molecule has 0 saturated carbocycles. The van der Waals surface area contributed by atoms with Crippen LogP contribution < -0.4 is 5.32 Å². The number of fused-ring (bicyclic) bond motifs is 1. The van der Waals surface area contributed by atoms with E-state index in [4.69, 9.17) is 4.74 Å². The predicted molar refractivity (Wildman–Crippen MR) is 114 cm³/mol. The summed E-state index contributed by atoms with van der Waals surface area (Å²) in [5, 5.41) is 3.51. The molecule has 1 heterocycles. The zero-order valence-corrected chi connectivity index (χ0v) is 17.1. The number of nitrogens with zero attached hydrogens (tertiary/aromatic N) is 1. The number of carbonyl (C=O) groups excluding carboxylic acids is 2. The molecule has 2 aromatic carbocycles. The van der Waals surface area contributed by atoms with Crippen LogP contribution in [0.5, 0.6) is 0 Å². The highest BCUT2D eigenvalue weighted by Crippen LogP contribution is 2.19. The van der Waals surface area contributed by atoms with Crippen molar-refractivity contribution in [1.82, 2.24) is 10.3 Å². The van der Waals surface area contributed by atoms with Gasteiger partial charge in [-0.15, -0.1) is 0 Å². The molecular formula is C24H26N2O3. The topological polar surface area (TPSA) is 68.3 Å². The summed E-state index contributed by atoms with van der Waals surface area (Å²) in [4.78, 5) is 28.9. The summed E-state index contributed by atoms with van der Waals surface area (Å²) >= 11 is 0. The first-order valence-electron chi connectivity index (χ1n) is 9.83. The molecule has 5 heteroatoms. The van der Waals surface area contributed by atoms with E-state index in [9.17, 15) is 9.59 Å². The third-order valence-corrected chi connectivity index (χ3v) is 4.78. The van der Waals surface area contributed by atoms with Crippen molar-refractivity contribution < 1.29 is 14.3 Å². The SMILES string of the molecule is Cc1cc(C(=O)OCC(=O)NCCc2ccc(C(C)C)cc2)c2ccccc2n1. The molecule has 1 amide bonds. The van der Waals surface area contributed by atoms with Gasteiger partial charge in [-0.2, -0.15) is 0 Å². The average Bonchev–Trinajstić information content (AvgIpc) is 2.71. The highest BCUT2D eigenvalue weighted by atomic mass is 16.5. The Kier molecular flexibility index (Phi) is 6.60. The minimum absolute atomic E-state index is 0.305. The van der Waals surface area contributed by atoms with Crippen LogP contribution in [0.3, 0.4) is 0 Å². The molecule has 0 bridgehead atoms.